The van der Waals surface area contributed by atoms with E-state index in [0.717, 1.165) is 55.1 Å². The van der Waals surface area contributed by atoms with Crippen LogP contribution in [0.1, 0.15) is 20.8 Å². The van der Waals surface area contributed by atoms with Gasteiger partial charge in [0.1, 0.15) is 0 Å². The number of alkyl halides is 3. The van der Waals surface area contributed by atoms with Gasteiger partial charge < -0.3 is 0 Å². The molecule has 7 nitrogen and oxygen atoms in total. The van der Waals surface area contributed by atoms with Crippen LogP contribution in [0.3, 0.4) is 0 Å². The molecule has 0 saturated carbocycles. The smallest absolute Gasteiger partial charge is 0.267 e. The second-order valence-corrected chi connectivity index (χ2v) is 9.50. The summed E-state index contributed by atoms with van der Waals surface area (Å²) >= 11 is 5.32. The van der Waals surface area contributed by atoms with Crippen molar-refractivity contribution >= 4 is 71.1 Å². The van der Waals surface area contributed by atoms with E-state index in [1.807, 2.05) is 0 Å². The molecule has 0 atom stereocenters. The van der Waals surface area contributed by atoms with Crippen molar-refractivity contribution in [3.05, 3.63) is 85.2 Å². The summed E-state index contributed by atoms with van der Waals surface area (Å²) < 4.78 is 41.0. The molecule has 4 rings (SSSR count). The largest absolute Gasteiger partial charge is 0.416 e. The predicted molar refractivity (Wildman–Crippen MR) is 124 cm³/mol. The highest BCUT2D eigenvalue weighted by atomic mass is 79.9. The van der Waals surface area contributed by atoms with Crippen LogP contribution in [0.2, 0.25) is 0 Å². The Morgan fingerprint density at radius 1 is 1.15 bits per heavy atom. The number of aromatic nitrogens is 1. The van der Waals surface area contributed by atoms with Gasteiger partial charge in [0.15, 0.2) is 0 Å². The van der Waals surface area contributed by atoms with Gasteiger partial charge in [-0.1, -0.05) is 44.7 Å². The molecule has 0 spiro atoms. The topological polar surface area (TPSA) is 88.7 Å². The highest BCUT2D eigenvalue weighted by Gasteiger charge is 2.32. The van der Waals surface area contributed by atoms with Gasteiger partial charge in [0.2, 0.25) is 5.13 Å². The molecule has 0 aliphatic carbocycles. The van der Waals surface area contributed by atoms with E-state index in [1.54, 1.807) is 18.2 Å². The molecular formula is C20H10BrF3N4O3S2. The molecule has 0 aliphatic rings. The summed E-state index contributed by atoms with van der Waals surface area (Å²) in [7, 11) is 0. The first kappa shape index (κ1) is 23.0. The molecule has 1 amide bonds. The van der Waals surface area contributed by atoms with Gasteiger partial charge in [0.25, 0.3) is 5.91 Å². The number of anilines is 1. The summed E-state index contributed by atoms with van der Waals surface area (Å²) in [5, 5.41) is 15.9. The van der Waals surface area contributed by atoms with Gasteiger partial charge in [0.05, 0.1) is 31.8 Å². The lowest BCUT2D eigenvalue weighted by Gasteiger charge is -2.15. The summed E-state index contributed by atoms with van der Waals surface area (Å²) in [5.74, 6) is -0.832. The minimum Gasteiger partial charge on any atom is -0.267 e. The summed E-state index contributed by atoms with van der Waals surface area (Å²) in [6.45, 7) is 0. The predicted octanol–water partition coefficient (Wildman–Crippen LogP) is 6.73. The molecule has 0 bridgehead atoms. The third-order valence-electron chi connectivity index (χ3n) is 4.24. The van der Waals surface area contributed by atoms with Gasteiger partial charge in [-0.2, -0.15) is 23.3 Å². The lowest BCUT2D eigenvalue weighted by molar-refractivity contribution is -0.380. The molecule has 13 heteroatoms. The van der Waals surface area contributed by atoms with E-state index < -0.39 is 22.6 Å². The fraction of sp³-hybridized carbons (Fsp3) is 0.0500. The van der Waals surface area contributed by atoms with Crippen LogP contribution in [0, 0.1) is 10.1 Å². The van der Waals surface area contributed by atoms with Gasteiger partial charge >= 0.3 is 11.2 Å². The summed E-state index contributed by atoms with van der Waals surface area (Å²) in [4.78, 5) is 28.3. The van der Waals surface area contributed by atoms with Gasteiger partial charge in [-0.3, -0.25) is 14.9 Å². The SMILES string of the molecule is O=C(c1cccc(C(F)(F)F)c1)N(/N=C/c1ccc([N+](=O)[O-])s1)c1nc2ccc(Br)cc2s1. The maximum atomic E-state index is 13.2. The summed E-state index contributed by atoms with van der Waals surface area (Å²) in [6, 6.07) is 12.0. The van der Waals surface area contributed by atoms with Gasteiger partial charge in [-0.25, -0.2) is 4.98 Å². The number of carbonyl (C=O) groups excluding carboxylic acids is 1. The molecule has 0 fully saturated rings. The number of fused-ring (bicyclic) bond motifs is 1. The van der Waals surface area contributed by atoms with Crippen molar-refractivity contribution < 1.29 is 22.9 Å². The molecule has 0 N–H and O–H groups in total. The number of hydrogen-bond donors (Lipinski definition) is 0. The second kappa shape index (κ2) is 9.00. The Morgan fingerprint density at radius 2 is 1.94 bits per heavy atom. The van der Waals surface area contributed by atoms with Crippen LogP contribution in [-0.2, 0) is 6.18 Å². The Hall–Kier alpha value is -3.16. The molecule has 0 unspecified atom stereocenters. The number of benzene rings is 2. The molecule has 2 aromatic carbocycles. The number of halogens is 4. The van der Waals surface area contributed by atoms with E-state index >= 15 is 0 Å². The molecular weight excluding hydrogens is 545 g/mol. The number of thiophene rings is 1. The normalized spacial score (nSPS) is 11.9. The first-order valence-corrected chi connectivity index (χ1v) is 11.4. The summed E-state index contributed by atoms with van der Waals surface area (Å²) in [5.41, 5.74) is -0.638. The van der Waals surface area contributed by atoms with Crippen molar-refractivity contribution in [2.45, 2.75) is 6.18 Å². The molecule has 2 heterocycles. The fourth-order valence-corrected chi connectivity index (χ4v) is 4.90. The third kappa shape index (κ3) is 5.10. The molecule has 4 aromatic rings. The highest BCUT2D eigenvalue weighted by molar-refractivity contribution is 9.10. The number of carbonyl (C=O) groups is 1. The van der Waals surface area contributed by atoms with Crippen molar-refractivity contribution in [3.63, 3.8) is 0 Å². The maximum Gasteiger partial charge on any atom is 0.416 e. The van der Waals surface area contributed by atoms with Gasteiger partial charge in [-0.15, -0.1) is 0 Å². The van der Waals surface area contributed by atoms with E-state index in [2.05, 4.69) is 26.0 Å². The maximum absolute atomic E-state index is 13.2. The number of hydrazone groups is 1. The lowest BCUT2D eigenvalue weighted by Crippen LogP contribution is -2.26. The quantitative estimate of drug-likeness (QED) is 0.155. The Bertz CT molecular complexity index is 1400. The third-order valence-corrected chi connectivity index (χ3v) is 6.70. The van der Waals surface area contributed by atoms with E-state index in [-0.39, 0.29) is 15.7 Å². The first-order chi connectivity index (χ1) is 15.6. The Morgan fingerprint density at radius 3 is 2.64 bits per heavy atom. The van der Waals surface area contributed by atoms with Crippen LogP contribution in [0.15, 0.2) is 64.2 Å². The highest BCUT2D eigenvalue weighted by Crippen LogP contribution is 2.33. The molecule has 0 aliphatic heterocycles. The number of nitro groups is 1. The summed E-state index contributed by atoms with van der Waals surface area (Å²) in [6.07, 6.45) is -3.40. The van der Waals surface area contributed by atoms with Gasteiger partial charge in [0, 0.05) is 16.1 Å². The number of nitrogens with zero attached hydrogens (tertiary/aromatic N) is 4. The van der Waals surface area contributed by atoms with Crippen LogP contribution in [0.4, 0.5) is 23.3 Å². The molecule has 0 saturated heterocycles. The first-order valence-electron chi connectivity index (χ1n) is 8.98. The van der Waals surface area contributed by atoms with Gasteiger partial charge in [-0.05, 0) is 42.5 Å². The zero-order valence-corrected chi connectivity index (χ0v) is 19.3. The van der Waals surface area contributed by atoms with Crippen molar-refractivity contribution in [1.29, 1.82) is 0 Å². The van der Waals surface area contributed by atoms with Crippen LogP contribution in [0.25, 0.3) is 10.2 Å². The molecule has 33 heavy (non-hydrogen) atoms. The number of hydrogen-bond acceptors (Lipinski definition) is 7. The van der Waals surface area contributed by atoms with Crippen LogP contribution in [0.5, 0.6) is 0 Å². The van der Waals surface area contributed by atoms with E-state index in [1.165, 1.54) is 24.4 Å². The standard InChI is InChI=1S/C20H10BrF3N4O3S2/c21-13-4-6-15-16(9-13)33-19(26-15)27(25-10-14-5-7-17(32-14)28(30)31)18(29)11-2-1-3-12(8-11)20(22,23)24/h1-10H/b25-10+. The zero-order chi connectivity index (χ0) is 23.8. The van der Waals surface area contributed by atoms with E-state index in [9.17, 15) is 28.1 Å². The number of rotatable bonds is 5. The van der Waals surface area contributed by atoms with Crippen molar-refractivity contribution in [1.82, 2.24) is 4.98 Å². The average Bonchev–Trinajstić information content (AvgIpc) is 3.40. The van der Waals surface area contributed by atoms with Crippen molar-refractivity contribution in [2.24, 2.45) is 5.10 Å². The zero-order valence-electron chi connectivity index (χ0n) is 16.1. The van der Waals surface area contributed by atoms with Crippen LogP contribution < -0.4 is 5.01 Å². The van der Waals surface area contributed by atoms with Crippen LogP contribution >= 0.6 is 38.6 Å². The minimum absolute atomic E-state index is 0.114. The second-order valence-electron chi connectivity index (χ2n) is 6.48. The molecule has 0 radical (unpaired) electrons. The number of amides is 1. The molecule has 2 aromatic heterocycles. The van der Waals surface area contributed by atoms with Crippen LogP contribution in [-0.4, -0.2) is 22.0 Å². The van der Waals surface area contributed by atoms with Crippen molar-refractivity contribution in [3.8, 4) is 0 Å². The Balaban J connectivity index is 1.76. The molecule has 168 valence electrons. The minimum atomic E-state index is -4.62. The van der Waals surface area contributed by atoms with E-state index in [0.29, 0.717) is 10.4 Å². The Kier molecular flexibility index (Phi) is 6.28. The Labute approximate surface area is 200 Å². The monoisotopic (exact) mass is 554 g/mol. The lowest BCUT2D eigenvalue weighted by atomic mass is 10.1. The fourth-order valence-electron chi connectivity index (χ4n) is 2.74. The average molecular weight is 555 g/mol. The number of thiazole rings is 1. The van der Waals surface area contributed by atoms with E-state index in [4.69, 9.17) is 0 Å². The van der Waals surface area contributed by atoms with Crippen molar-refractivity contribution in [2.75, 3.05) is 5.01 Å².